The molecule has 0 aliphatic carbocycles. The normalized spacial score (nSPS) is 15.9. The Balaban J connectivity index is 2.03. The number of carbonyl (C=O) groups is 1. The quantitative estimate of drug-likeness (QED) is 0.706. The Bertz CT molecular complexity index is 528. The van der Waals surface area contributed by atoms with Crippen molar-refractivity contribution in [2.24, 2.45) is 0 Å². The number of carbonyl (C=O) groups excluding carboxylic acids is 1. The van der Waals surface area contributed by atoms with Crippen LogP contribution in [0.1, 0.15) is 23.3 Å². The maximum atomic E-state index is 10.6. The summed E-state index contributed by atoms with van der Waals surface area (Å²) in [5, 5.41) is 4.45. The third-order valence-corrected chi connectivity index (χ3v) is 2.88. The highest BCUT2D eigenvalue weighted by Crippen LogP contribution is 2.17. The van der Waals surface area contributed by atoms with Gasteiger partial charge >= 0.3 is 0 Å². The van der Waals surface area contributed by atoms with Crippen molar-refractivity contribution in [3.63, 3.8) is 0 Å². The first kappa shape index (κ1) is 9.33. The number of aromatic nitrogens is 3. The van der Waals surface area contributed by atoms with Crippen molar-refractivity contribution in [2.75, 3.05) is 18.0 Å². The summed E-state index contributed by atoms with van der Waals surface area (Å²) in [6.45, 7) is 2.13. The first-order valence-electron chi connectivity index (χ1n) is 5.43. The predicted molar refractivity (Wildman–Crippen MR) is 59.8 cm³/mol. The fraction of sp³-hybridized carbons (Fsp3) is 0.364. The predicted octanol–water partition coefficient (Wildman–Crippen LogP) is 1.14. The average Bonchev–Trinajstić information content (AvgIpc) is 2.96. The molecule has 2 aromatic rings. The lowest BCUT2D eigenvalue weighted by atomic mass is 10.4. The molecule has 3 heterocycles. The van der Waals surface area contributed by atoms with Gasteiger partial charge in [0.1, 0.15) is 11.5 Å². The van der Waals surface area contributed by atoms with E-state index in [1.54, 1.807) is 10.7 Å². The first-order valence-corrected chi connectivity index (χ1v) is 5.43. The summed E-state index contributed by atoms with van der Waals surface area (Å²) in [5.41, 5.74) is 1.14. The van der Waals surface area contributed by atoms with E-state index in [1.807, 2.05) is 12.1 Å². The van der Waals surface area contributed by atoms with Crippen LogP contribution in [0.15, 0.2) is 18.3 Å². The highest BCUT2D eigenvalue weighted by atomic mass is 16.1. The monoisotopic (exact) mass is 216 g/mol. The maximum absolute atomic E-state index is 10.6. The van der Waals surface area contributed by atoms with Crippen molar-refractivity contribution in [3.8, 4) is 0 Å². The molecular weight excluding hydrogens is 204 g/mol. The molecule has 0 spiro atoms. The molecule has 1 saturated heterocycles. The Morgan fingerprint density at radius 3 is 2.81 bits per heavy atom. The van der Waals surface area contributed by atoms with Crippen molar-refractivity contribution in [1.82, 2.24) is 14.6 Å². The van der Waals surface area contributed by atoms with Crippen LogP contribution in [-0.4, -0.2) is 34.0 Å². The third-order valence-electron chi connectivity index (χ3n) is 2.88. The Kier molecular flexibility index (Phi) is 2.09. The van der Waals surface area contributed by atoms with Gasteiger partial charge in [0.25, 0.3) is 0 Å². The molecule has 1 fully saturated rings. The van der Waals surface area contributed by atoms with Crippen LogP contribution in [0.2, 0.25) is 0 Å². The minimum atomic E-state index is 0.422. The molecule has 1 aliphatic heterocycles. The van der Waals surface area contributed by atoms with Crippen molar-refractivity contribution in [3.05, 3.63) is 24.0 Å². The molecule has 1 aliphatic rings. The van der Waals surface area contributed by atoms with Gasteiger partial charge < -0.3 is 4.90 Å². The van der Waals surface area contributed by atoms with Crippen molar-refractivity contribution >= 4 is 17.8 Å². The van der Waals surface area contributed by atoms with Crippen LogP contribution < -0.4 is 4.90 Å². The zero-order valence-electron chi connectivity index (χ0n) is 8.83. The van der Waals surface area contributed by atoms with Crippen LogP contribution in [-0.2, 0) is 0 Å². The molecule has 0 unspecified atom stereocenters. The van der Waals surface area contributed by atoms with E-state index < -0.39 is 0 Å². The van der Waals surface area contributed by atoms with Crippen LogP contribution >= 0.6 is 0 Å². The van der Waals surface area contributed by atoms with Crippen molar-refractivity contribution in [1.29, 1.82) is 0 Å². The number of rotatable bonds is 2. The molecule has 0 atom stereocenters. The van der Waals surface area contributed by atoms with Crippen LogP contribution in [0.25, 0.3) is 5.65 Å². The second-order valence-electron chi connectivity index (χ2n) is 3.97. The van der Waals surface area contributed by atoms with Gasteiger partial charge in [-0.25, -0.2) is 9.50 Å². The van der Waals surface area contributed by atoms with E-state index in [9.17, 15) is 4.79 Å². The van der Waals surface area contributed by atoms with Crippen LogP contribution in [0, 0.1) is 0 Å². The molecule has 16 heavy (non-hydrogen) atoms. The minimum absolute atomic E-state index is 0.422. The zero-order chi connectivity index (χ0) is 11.0. The third kappa shape index (κ3) is 1.44. The van der Waals surface area contributed by atoms with E-state index in [2.05, 4.69) is 15.0 Å². The molecule has 0 radical (unpaired) electrons. The van der Waals surface area contributed by atoms with Gasteiger partial charge in [-0.15, -0.1) is 5.10 Å². The molecule has 0 aromatic carbocycles. The van der Waals surface area contributed by atoms with Crippen LogP contribution in [0.3, 0.4) is 0 Å². The summed E-state index contributed by atoms with van der Waals surface area (Å²) in [5.74, 6) is 0.958. The summed E-state index contributed by atoms with van der Waals surface area (Å²) >= 11 is 0. The van der Waals surface area contributed by atoms with Gasteiger partial charge in [0.2, 0.25) is 0 Å². The second kappa shape index (κ2) is 3.59. The SMILES string of the molecule is O=Cc1cn2nc(N3CCCC3)ccc2n1. The van der Waals surface area contributed by atoms with E-state index in [-0.39, 0.29) is 0 Å². The van der Waals surface area contributed by atoms with E-state index in [0.717, 1.165) is 25.2 Å². The van der Waals surface area contributed by atoms with Crippen LogP contribution in [0.5, 0.6) is 0 Å². The number of fused-ring (bicyclic) bond motifs is 1. The number of hydrogen-bond acceptors (Lipinski definition) is 4. The summed E-state index contributed by atoms with van der Waals surface area (Å²) < 4.78 is 1.66. The smallest absolute Gasteiger partial charge is 0.170 e. The van der Waals surface area contributed by atoms with Gasteiger partial charge in [-0.1, -0.05) is 0 Å². The molecule has 5 nitrogen and oxygen atoms in total. The van der Waals surface area contributed by atoms with Crippen LogP contribution in [0.4, 0.5) is 5.82 Å². The lowest BCUT2D eigenvalue weighted by Crippen LogP contribution is -2.19. The van der Waals surface area contributed by atoms with E-state index in [0.29, 0.717) is 11.3 Å². The standard InChI is InChI=1S/C11H12N4O/c16-8-9-7-15-10(12-9)3-4-11(13-15)14-5-1-2-6-14/h3-4,7-8H,1-2,5-6H2. The summed E-state index contributed by atoms with van der Waals surface area (Å²) in [6, 6.07) is 3.86. The van der Waals surface area contributed by atoms with E-state index in [4.69, 9.17) is 0 Å². The van der Waals surface area contributed by atoms with Gasteiger partial charge in [-0.3, -0.25) is 4.79 Å². The topological polar surface area (TPSA) is 50.5 Å². The molecular formula is C11H12N4O. The largest absolute Gasteiger partial charge is 0.355 e. The molecule has 0 bridgehead atoms. The van der Waals surface area contributed by atoms with E-state index in [1.165, 1.54) is 12.8 Å². The Morgan fingerprint density at radius 2 is 2.06 bits per heavy atom. The molecule has 2 aromatic heterocycles. The second-order valence-corrected chi connectivity index (χ2v) is 3.97. The lowest BCUT2D eigenvalue weighted by molar-refractivity contribution is 0.111. The highest BCUT2D eigenvalue weighted by molar-refractivity contribution is 5.73. The molecule has 0 saturated carbocycles. The highest BCUT2D eigenvalue weighted by Gasteiger charge is 2.14. The van der Waals surface area contributed by atoms with E-state index >= 15 is 0 Å². The first-order chi connectivity index (χ1) is 7.86. The fourth-order valence-electron chi connectivity index (χ4n) is 2.06. The lowest BCUT2D eigenvalue weighted by Gasteiger charge is -2.15. The molecule has 0 N–H and O–H groups in total. The van der Waals surface area contributed by atoms with Crippen molar-refractivity contribution < 1.29 is 4.79 Å². The number of anilines is 1. The van der Waals surface area contributed by atoms with Gasteiger partial charge in [0.05, 0.1) is 6.20 Å². The van der Waals surface area contributed by atoms with Gasteiger partial charge in [0.15, 0.2) is 11.9 Å². The Labute approximate surface area is 92.7 Å². The van der Waals surface area contributed by atoms with Gasteiger partial charge in [-0.2, -0.15) is 0 Å². The average molecular weight is 216 g/mol. The van der Waals surface area contributed by atoms with Crippen molar-refractivity contribution in [2.45, 2.75) is 12.8 Å². The zero-order valence-corrected chi connectivity index (χ0v) is 8.83. The number of imidazole rings is 1. The van der Waals surface area contributed by atoms with Gasteiger partial charge in [0, 0.05) is 13.1 Å². The van der Waals surface area contributed by atoms with Gasteiger partial charge in [-0.05, 0) is 25.0 Å². The Hall–Kier alpha value is -1.91. The number of hydrogen-bond donors (Lipinski definition) is 0. The fourth-order valence-corrected chi connectivity index (χ4v) is 2.06. The molecule has 5 heteroatoms. The molecule has 0 amide bonds. The summed E-state index contributed by atoms with van der Waals surface area (Å²) in [7, 11) is 0. The maximum Gasteiger partial charge on any atom is 0.170 e. The summed E-state index contributed by atoms with van der Waals surface area (Å²) in [6.07, 6.45) is 4.85. The molecule has 82 valence electrons. The minimum Gasteiger partial charge on any atom is -0.355 e. The number of nitrogens with zero attached hydrogens (tertiary/aromatic N) is 4. The number of aldehydes is 1. The molecule has 3 rings (SSSR count). The Morgan fingerprint density at radius 1 is 1.25 bits per heavy atom. The summed E-state index contributed by atoms with van der Waals surface area (Å²) in [4.78, 5) is 17.0.